The first kappa shape index (κ1) is 12.6. The molecular weight excluding hydrogens is 200 g/mol. The number of benzene rings is 1. The van der Waals surface area contributed by atoms with Crippen molar-refractivity contribution in [3.05, 3.63) is 35.2 Å². The zero-order valence-electron chi connectivity index (χ0n) is 10.6. The summed E-state index contributed by atoms with van der Waals surface area (Å²) in [5.74, 6) is 1.39. The van der Waals surface area contributed by atoms with Crippen LogP contribution in [-0.4, -0.2) is 6.26 Å². The molecule has 0 aliphatic carbocycles. The molecule has 1 aromatic rings. The van der Waals surface area contributed by atoms with Crippen molar-refractivity contribution in [1.29, 1.82) is 0 Å². The smallest absolute Gasteiger partial charge is 0.00750 e. The molecule has 0 saturated heterocycles. The summed E-state index contributed by atoms with van der Waals surface area (Å²) in [6.07, 6.45) is 2.14. The minimum atomic E-state index is 0.232. The minimum absolute atomic E-state index is 0.232. The Morgan fingerprint density at radius 1 is 1.07 bits per heavy atom. The van der Waals surface area contributed by atoms with Crippen LogP contribution in [0.4, 0.5) is 0 Å². The van der Waals surface area contributed by atoms with E-state index in [0.717, 1.165) is 0 Å². The molecule has 0 saturated carbocycles. The third kappa shape index (κ3) is 3.27. The molecule has 0 unspecified atom stereocenters. The Hall–Kier alpha value is -0.430. The Bertz CT molecular complexity index is 332. The summed E-state index contributed by atoms with van der Waals surface area (Å²) in [5.41, 5.74) is 3.02. The van der Waals surface area contributed by atoms with E-state index in [-0.39, 0.29) is 5.41 Å². The van der Waals surface area contributed by atoms with Gasteiger partial charge in [0.1, 0.15) is 0 Å². The van der Waals surface area contributed by atoms with Gasteiger partial charge in [-0.15, -0.1) is 11.8 Å². The highest BCUT2D eigenvalue weighted by molar-refractivity contribution is 7.98. The molecule has 1 heteroatoms. The lowest BCUT2D eigenvalue weighted by Gasteiger charge is -2.21. The SMILES string of the molecule is CSc1cc([C](C)C)cc(C(C)(C)C)c1. The fourth-order valence-electron chi connectivity index (χ4n) is 1.44. The minimum Gasteiger partial charge on any atom is -0.130 e. The van der Waals surface area contributed by atoms with Crippen LogP contribution in [0.5, 0.6) is 0 Å². The molecule has 1 aromatic carbocycles. The quantitative estimate of drug-likeness (QED) is 0.654. The molecule has 0 aromatic heterocycles. The molecule has 1 rings (SSSR count). The maximum Gasteiger partial charge on any atom is 0.00750 e. The van der Waals surface area contributed by atoms with Gasteiger partial charge < -0.3 is 0 Å². The van der Waals surface area contributed by atoms with Gasteiger partial charge in [0.25, 0.3) is 0 Å². The second-order valence-corrected chi connectivity index (χ2v) is 6.08. The first-order chi connectivity index (χ1) is 6.84. The first-order valence-corrected chi connectivity index (χ1v) is 6.57. The first-order valence-electron chi connectivity index (χ1n) is 5.34. The predicted molar refractivity (Wildman–Crippen MR) is 70.6 cm³/mol. The summed E-state index contributed by atoms with van der Waals surface area (Å²) in [6.45, 7) is 11.1. The van der Waals surface area contributed by atoms with E-state index in [0.29, 0.717) is 0 Å². The number of hydrogen-bond acceptors (Lipinski definition) is 1. The monoisotopic (exact) mass is 221 g/mol. The van der Waals surface area contributed by atoms with E-state index in [4.69, 9.17) is 0 Å². The van der Waals surface area contributed by atoms with Gasteiger partial charge in [0.05, 0.1) is 0 Å². The van der Waals surface area contributed by atoms with Crippen LogP contribution in [0.3, 0.4) is 0 Å². The number of thioether (sulfide) groups is 1. The second-order valence-electron chi connectivity index (χ2n) is 5.20. The largest absolute Gasteiger partial charge is 0.130 e. The molecule has 0 aliphatic rings. The molecule has 0 atom stereocenters. The van der Waals surface area contributed by atoms with Crippen LogP contribution in [0, 0.1) is 5.92 Å². The molecule has 0 amide bonds. The molecular formula is C14H21S. The summed E-state index contributed by atoms with van der Waals surface area (Å²) >= 11 is 1.82. The van der Waals surface area contributed by atoms with Crippen LogP contribution in [0.25, 0.3) is 0 Å². The van der Waals surface area contributed by atoms with Crippen molar-refractivity contribution < 1.29 is 0 Å². The van der Waals surface area contributed by atoms with Crippen LogP contribution in [0.15, 0.2) is 23.1 Å². The summed E-state index contributed by atoms with van der Waals surface area (Å²) < 4.78 is 0. The third-order valence-electron chi connectivity index (χ3n) is 2.59. The fraction of sp³-hybridized carbons (Fsp3) is 0.500. The second kappa shape index (κ2) is 4.61. The van der Waals surface area contributed by atoms with Crippen molar-refractivity contribution in [2.45, 2.75) is 44.9 Å². The molecule has 0 heterocycles. The molecule has 0 spiro atoms. The standard InChI is InChI=1S/C14H21S/c1-10(2)11-7-12(14(3,4)5)9-13(8-11)15-6/h7-9H,1-6H3. The van der Waals surface area contributed by atoms with Crippen molar-refractivity contribution in [2.75, 3.05) is 6.26 Å². The Morgan fingerprint density at radius 2 is 1.67 bits per heavy atom. The van der Waals surface area contributed by atoms with Crippen LogP contribution in [-0.2, 0) is 5.41 Å². The van der Waals surface area contributed by atoms with Crippen molar-refractivity contribution in [3.8, 4) is 0 Å². The topological polar surface area (TPSA) is 0 Å². The van der Waals surface area contributed by atoms with E-state index >= 15 is 0 Å². The zero-order valence-corrected chi connectivity index (χ0v) is 11.5. The molecule has 1 radical (unpaired) electrons. The molecule has 0 nitrogen and oxygen atoms in total. The fourth-order valence-corrected chi connectivity index (χ4v) is 1.93. The molecule has 15 heavy (non-hydrogen) atoms. The van der Waals surface area contributed by atoms with Crippen molar-refractivity contribution in [3.63, 3.8) is 0 Å². The lowest BCUT2D eigenvalue weighted by Crippen LogP contribution is -2.12. The number of rotatable bonds is 2. The van der Waals surface area contributed by atoms with Gasteiger partial charge >= 0.3 is 0 Å². The highest BCUT2D eigenvalue weighted by Crippen LogP contribution is 2.30. The van der Waals surface area contributed by atoms with E-state index in [1.807, 2.05) is 11.8 Å². The third-order valence-corrected chi connectivity index (χ3v) is 3.29. The van der Waals surface area contributed by atoms with Gasteiger partial charge in [-0.05, 0) is 40.8 Å². The molecule has 0 N–H and O–H groups in total. The van der Waals surface area contributed by atoms with E-state index in [1.54, 1.807) is 0 Å². The summed E-state index contributed by atoms with van der Waals surface area (Å²) in [4.78, 5) is 1.36. The van der Waals surface area contributed by atoms with Gasteiger partial charge in [0, 0.05) is 4.90 Å². The van der Waals surface area contributed by atoms with Crippen molar-refractivity contribution in [2.24, 2.45) is 0 Å². The van der Waals surface area contributed by atoms with Gasteiger partial charge in [-0.3, -0.25) is 0 Å². The van der Waals surface area contributed by atoms with E-state index in [9.17, 15) is 0 Å². The number of hydrogen-bond donors (Lipinski definition) is 0. The van der Waals surface area contributed by atoms with Crippen LogP contribution in [0.1, 0.15) is 45.7 Å². The zero-order chi connectivity index (χ0) is 11.6. The summed E-state index contributed by atoms with van der Waals surface area (Å²) in [6, 6.07) is 6.89. The predicted octanol–water partition coefficient (Wildman–Crippen LogP) is 4.67. The molecule has 83 valence electrons. The van der Waals surface area contributed by atoms with Gasteiger partial charge in [-0.25, -0.2) is 0 Å². The molecule has 0 aliphatic heterocycles. The summed E-state index contributed by atoms with van der Waals surface area (Å²) in [5, 5.41) is 0. The Kier molecular flexibility index (Phi) is 3.88. The van der Waals surface area contributed by atoms with E-state index < -0.39 is 0 Å². The van der Waals surface area contributed by atoms with Crippen LogP contribution >= 0.6 is 11.8 Å². The normalized spacial score (nSPS) is 12.2. The Morgan fingerprint density at radius 3 is 2.07 bits per heavy atom. The Labute approximate surface area is 98.5 Å². The average molecular weight is 221 g/mol. The molecule has 0 bridgehead atoms. The van der Waals surface area contributed by atoms with Gasteiger partial charge in [-0.1, -0.05) is 40.7 Å². The van der Waals surface area contributed by atoms with Gasteiger partial charge in [0.15, 0.2) is 0 Å². The lowest BCUT2D eigenvalue weighted by atomic mass is 9.85. The van der Waals surface area contributed by atoms with E-state index in [1.165, 1.54) is 21.9 Å². The van der Waals surface area contributed by atoms with Gasteiger partial charge in [0.2, 0.25) is 0 Å². The van der Waals surface area contributed by atoms with Crippen LogP contribution in [0.2, 0.25) is 0 Å². The molecule has 0 fully saturated rings. The van der Waals surface area contributed by atoms with E-state index in [2.05, 4.69) is 59.1 Å². The summed E-state index contributed by atoms with van der Waals surface area (Å²) in [7, 11) is 0. The van der Waals surface area contributed by atoms with Crippen molar-refractivity contribution in [1.82, 2.24) is 0 Å². The highest BCUT2D eigenvalue weighted by atomic mass is 32.2. The van der Waals surface area contributed by atoms with Gasteiger partial charge in [-0.2, -0.15) is 0 Å². The average Bonchev–Trinajstić information content (AvgIpc) is 2.15. The van der Waals surface area contributed by atoms with Crippen LogP contribution < -0.4 is 0 Å². The lowest BCUT2D eigenvalue weighted by molar-refractivity contribution is 0.588. The maximum absolute atomic E-state index is 2.31. The maximum atomic E-state index is 2.31. The highest BCUT2D eigenvalue weighted by Gasteiger charge is 2.15. The Balaban J connectivity index is 3.23. The van der Waals surface area contributed by atoms with Crippen molar-refractivity contribution >= 4 is 11.8 Å².